The van der Waals surface area contributed by atoms with Crippen LogP contribution < -0.4 is 10.5 Å². The Hall–Kier alpha value is -0.640. The summed E-state index contributed by atoms with van der Waals surface area (Å²) in [5.41, 5.74) is 4.76. The van der Waals surface area contributed by atoms with E-state index in [9.17, 15) is 21.6 Å². The Labute approximate surface area is 111 Å². The first-order chi connectivity index (χ1) is 8.18. The van der Waals surface area contributed by atoms with Crippen LogP contribution in [0.4, 0.5) is 13.2 Å². The Morgan fingerprint density at radius 1 is 1.39 bits per heavy atom. The normalized spacial score (nSPS) is 12.7. The fourth-order valence-electron chi connectivity index (χ4n) is 1.04. The summed E-state index contributed by atoms with van der Waals surface area (Å²) in [7, 11) is -4.33. The van der Waals surface area contributed by atoms with Crippen LogP contribution >= 0.6 is 15.9 Å². The molecule has 9 heteroatoms. The summed E-state index contributed by atoms with van der Waals surface area (Å²) in [5, 5.41) is 0. The lowest BCUT2D eigenvalue weighted by atomic mass is 10.3. The highest BCUT2D eigenvalue weighted by Gasteiger charge is 2.30. The topological polar surface area (TPSA) is 72.2 Å². The average Bonchev–Trinajstić information content (AvgIpc) is 2.26. The van der Waals surface area contributed by atoms with Gasteiger partial charge in [-0.1, -0.05) is 15.9 Å². The molecule has 18 heavy (non-hydrogen) atoms. The molecule has 0 radical (unpaired) electrons. The lowest BCUT2D eigenvalue weighted by Crippen LogP contribution is -2.41. The summed E-state index contributed by atoms with van der Waals surface area (Å²) in [4.78, 5) is -0.696. The maximum Gasteiger partial charge on any atom is 0.273 e. The lowest BCUT2D eigenvalue weighted by Gasteiger charge is -2.15. The SMILES string of the molecule is NCC(F)(F)CNS(=O)(=O)c1ccc(Br)cc1F. The molecule has 1 aromatic carbocycles. The monoisotopic (exact) mass is 346 g/mol. The molecule has 0 spiro atoms. The summed E-state index contributed by atoms with van der Waals surface area (Å²) in [6.45, 7) is -2.18. The molecule has 0 atom stereocenters. The average molecular weight is 347 g/mol. The third-order valence-electron chi connectivity index (χ3n) is 2.00. The van der Waals surface area contributed by atoms with Gasteiger partial charge in [0.1, 0.15) is 10.7 Å². The minimum absolute atomic E-state index is 0.339. The van der Waals surface area contributed by atoms with Crippen LogP contribution in [-0.4, -0.2) is 27.4 Å². The highest BCUT2D eigenvalue weighted by atomic mass is 79.9. The van der Waals surface area contributed by atoms with Crippen molar-refractivity contribution in [3.05, 3.63) is 28.5 Å². The Balaban J connectivity index is 2.94. The Morgan fingerprint density at radius 3 is 2.50 bits per heavy atom. The van der Waals surface area contributed by atoms with E-state index in [1.54, 1.807) is 4.72 Å². The van der Waals surface area contributed by atoms with Gasteiger partial charge in [-0.15, -0.1) is 0 Å². The molecule has 0 bridgehead atoms. The van der Waals surface area contributed by atoms with Gasteiger partial charge in [-0.3, -0.25) is 0 Å². The summed E-state index contributed by atoms with van der Waals surface area (Å²) in [6.07, 6.45) is 0. The van der Waals surface area contributed by atoms with Gasteiger partial charge >= 0.3 is 0 Å². The minimum atomic E-state index is -4.33. The number of rotatable bonds is 5. The molecule has 0 amide bonds. The molecule has 1 rings (SSSR count). The van der Waals surface area contributed by atoms with E-state index in [1.165, 1.54) is 6.07 Å². The quantitative estimate of drug-likeness (QED) is 0.847. The first kappa shape index (κ1) is 15.4. The molecule has 0 aliphatic heterocycles. The van der Waals surface area contributed by atoms with Crippen LogP contribution in [-0.2, 0) is 10.0 Å². The van der Waals surface area contributed by atoms with Crippen LogP contribution in [0.5, 0.6) is 0 Å². The molecule has 0 unspecified atom stereocenters. The van der Waals surface area contributed by atoms with Gasteiger partial charge in [-0.2, -0.15) is 0 Å². The molecule has 0 heterocycles. The third-order valence-corrected chi connectivity index (χ3v) is 3.93. The van der Waals surface area contributed by atoms with Gasteiger partial charge in [0, 0.05) is 4.47 Å². The van der Waals surface area contributed by atoms with Crippen LogP contribution in [0.2, 0.25) is 0 Å². The van der Waals surface area contributed by atoms with E-state index in [4.69, 9.17) is 5.73 Å². The first-order valence-electron chi connectivity index (χ1n) is 4.70. The molecule has 102 valence electrons. The van der Waals surface area contributed by atoms with E-state index in [0.717, 1.165) is 12.1 Å². The van der Waals surface area contributed by atoms with Crippen molar-refractivity contribution in [1.82, 2.24) is 4.72 Å². The van der Waals surface area contributed by atoms with Crippen molar-refractivity contribution in [1.29, 1.82) is 0 Å². The number of alkyl halides is 2. The molecule has 0 aromatic heterocycles. The maximum atomic E-state index is 13.4. The summed E-state index contributed by atoms with van der Waals surface area (Å²) in [5.74, 6) is -4.41. The molecule has 0 fully saturated rings. The van der Waals surface area contributed by atoms with Gasteiger partial charge < -0.3 is 5.73 Å². The fourth-order valence-corrected chi connectivity index (χ4v) is 2.50. The second-order valence-electron chi connectivity index (χ2n) is 3.46. The van der Waals surface area contributed by atoms with Gasteiger partial charge in [0.2, 0.25) is 10.0 Å². The van der Waals surface area contributed by atoms with Crippen LogP contribution in [0.25, 0.3) is 0 Å². The second-order valence-corrected chi connectivity index (χ2v) is 6.11. The van der Waals surface area contributed by atoms with Crippen molar-refractivity contribution in [2.75, 3.05) is 13.1 Å². The molecule has 1 aromatic rings. The summed E-state index contributed by atoms with van der Waals surface area (Å²) >= 11 is 2.95. The number of benzene rings is 1. The van der Waals surface area contributed by atoms with Crippen molar-refractivity contribution < 1.29 is 21.6 Å². The zero-order valence-corrected chi connectivity index (χ0v) is 11.4. The smallest absolute Gasteiger partial charge is 0.273 e. The highest BCUT2D eigenvalue weighted by molar-refractivity contribution is 9.10. The van der Waals surface area contributed by atoms with Crippen LogP contribution in [0, 0.1) is 5.82 Å². The van der Waals surface area contributed by atoms with E-state index in [0.29, 0.717) is 4.47 Å². The van der Waals surface area contributed by atoms with Crippen LogP contribution in [0.1, 0.15) is 0 Å². The first-order valence-corrected chi connectivity index (χ1v) is 6.98. The number of nitrogens with two attached hydrogens (primary N) is 1. The maximum absolute atomic E-state index is 13.4. The van der Waals surface area contributed by atoms with E-state index in [1.807, 2.05) is 0 Å². The number of nitrogens with one attached hydrogen (secondary N) is 1. The van der Waals surface area contributed by atoms with Gasteiger partial charge in [0.05, 0.1) is 13.1 Å². The predicted octanol–water partition coefficient (Wildman–Crippen LogP) is 1.46. The highest BCUT2D eigenvalue weighted by Crippen LogP contribution is 2.20. The fraction of sp³-hybridized carbons (Fsp3) is 0.333. The largest absolute Gasteiger partial charge is 0.325 e. The Morgan fingerprint density at radius 2 is 2.00 bits per heavy atom. The minimum Gasteiger partial charge on any atom is -0.325 e. The number of halogens is 4. The van der Waals surface area contributed by atoms with E-state index < -0.39 is 39.7 Å². The Bertz CT molecular complexity index is 537. The van der Waals surface area contributed by atoms with Crippen molar-refractivity contribution >= 4 is 26.0 Å². The van der Waals surface area contributed by atoms with Gasteiger partial charge in [-0.25, -0.2) is 26.3 Å². The van der Waals surface area contributed by atoms with Crippen molar-refractivity contribution in [2.24, 2.45) is 5.73 Å². The molecular formula is C9H10BrF3N2O2S. The van der Waals surface area contributed by atoms with Crippen molar-refractivity contribution in [2.45, 2.75) is 10.8 Å². The Kier molecular flexibility index (Phi) is 4.76. The third kappa shape index (κ3) is 3.94. The number of sulfonamides is 1. The van der Waals surface area contributed by atoms with Gasteiger partial charge in [0.15, 0.2) is 0 Å². The molecule has 0 saturated heterocycles. The van der Waals surface area contributed by atoms with E-state index in [2.05, 4.69) is 15.9 Å². The summed E-state index contributed by atoms with van der Waals surface area (Å²) < 4.78 is 64.1. The number of hydrogen-bond acceptors (Lipinski definition) is 3. The van der Waals surface area contributed by atoms with E-state index in [-0.39, 0.29) is 0 Å². The van der Waals surface area contributed by atoms with Gasteiger partial charge in [-0.05, 0) is 18.2 Å². The van der Waals surface area contributed by atoms with E-state index >= 15 is 0 Å². The molecule has 0 aliphatic carbocycles. The zero-order valence-electron chi connectivity index (χ0n) is 8.96. The molecular weight excluding hydrogens is 337 g/mol. The number of hydrogen-bond donors (Lipinski definition) is 2. The summed E-state index contributed by atoms with van der Waals surface area (Å²) in [6, 6.07) is 3.19. The predicted molar refractivity (Wildman–Crippen MR) is 63.3 cm³/mol. The molecule has 0 aliphatic rings. The van der Waals surface area contributed by atoms with Crippen LogP contribution in [0.15, 0.2) is 27.6 Å². The lowest BCUT2D eigenvalue weighted by molar-refractivity contribution is 0.0170. The van der Waals surface area contributed by atoms with Crippen molar-refractivity contribution in [3.8, 4) is 0 Å². The van der Waals surface area contributed by atoms with Gasteiger partial charge in [0.25, 0.3) is 5.92 Å². The second kappa shape index (κ2) is 5.55. The molecule has 0 saturated carbocycles. The van der Waals surface area contributed by atoms with Crippen molar-refractivity contribution in [3.63, 3.8) is 0 Å². The molecule has 3 N–H and O–H groups in total. The standard InChI is InChI=1S/C9H10BrF3N2O2S/c10-6-1-2-8(7(11)3-6)18(16,17)15-5-9(12,13)4-14/h1-3,15H,4-5,14H2. The molecule has 4 nitrogen and oxygen atoms in total. The van der Waals surface area contributed by atoms with Crippen LogP contribution in [0.3, 0.4) is 0 Å². The zero-order chi connectivity index (χ0) is 14.0.